The summed E-state index contributed by atoms with van der Waals surface area (Å²) < 4.78 is 17.6. The van der Waals surface area contributed by atoms with Gasteiger partial charge in [0.1, 0.15) is 11.1 Å². The van der Waals surface area contributed by atoms with Crippen LogP contribution in [0.1, 0.15) is 34.6 Å². The Hall–Kier alpha value is -3.83. The van der Waals surface area contributed by atoms with E-state index in [4.69, 9.17) is 19.9 Å². The van der Waals surface area contributed by atoms with Gasteiger partial charge in [0, 0.05) is 6.20 Å². The molecule has 12 nitrogen and oxygen atoms in total. The molecule has 0 unspecified atom stereocenters. The molecule has 0 aliphatic rings. The lowest BCUT2D eigenvalue weighted by molar-refractivity contribution is 0.0518. The van der Waals surface area contributed by atoms with Gasteiger partial charge in [0.25, 0.3) is 0 Å². The SMILES string of the molecule is CCOC(=O)c1cn(COc2cc(O)n3ncc(C(=O)OCC)c3n2)nc1N. The number of carbonyl (C=O) groups is 2. The second kappa shape index (κ2) is 7.82. The first-order valence-electron chi connectivity index (χ1n) is 8.32. The highest BCUT2D eigenvalue weighted by Gasteiger charge is 2.19. The van der Waals surface area contributed by atoms with Crippen molar-refractivity contribution in [1.82, 2.24) is 24.4 Å². The number of ether oxygens (including phenoxy) is 3. The fourth-order valence-electron chi connectivity index (χ4n) is 2.35. The quantitative estimate of drug-likeness (QED) is 0.548. The maximum Gasteiger partial charge on any atom is 0.343 e. The van der Waals surface area contributed by atoms with Crippen LogP contribution in [-0.2, 0) is 16.2 Å². The summed E-state index contributed by atoms with van der Waals surface area (Å²) in [7, 11) is 0. The molecule has 3 N–H and O–H groups in total. The zero-order valence-electron chi connectivity index (χ0n) is 15.2. The Morgan fingerprint density at radius 3 is 2.54 bits per heavy atom. The van der Waals surface area contributed by atoms with Gasteiger partial charge in [-0.25, -0.2) is 14.3 Å². The second-order valence-electron chi connectivity index (χ2n) is 5.43. The van der Waals surface area contributed by atoms with E-state index in [0.717, 1.165) is 4.52 Å². The predicted octanol–water partition coefficient (Wildman–Crippen LogP) is 0.603. The molecule has 3 heterocycles. The first-order chi connectivity index (χ1) is 13.4. The lowest BCUT2D eigenvalue weighted by Crippen LogP contribution is -2.09. The van der Waals surface area contributed by atoms with Crippen LogP contribution in [0.5, 0.6) is 11.8 Å². The molecule has 0 aliphatic heterocycles. The number of fused-ring (bicyclic) bond motifs is 1. The summed E-state index contributed by atoms with van der Waals surface area (Å²) in [5, 5.41) is 17.9. The molecule has 3 rings (SSSR count). The van der Waals surface area contributed by atoms with E-state index in [-0.39, 0.29) is 54.3 Å². The number of nitrogens with zero attached hydrogens (tertiary/aromatic N) is 5. The number of aromatic nitrogens is 5. The zero-order valence-corrected chi connectivity index (χ0v) is 15.2. The number of hydrogen-bond acceptors (Lipinski definition) is 10. The van der Waals surface area contributed by atoms with Crippen LogP contribution in [0, 0.1) is 0 Å². The molecule has 0 amide bonds. The van der Waals surface area contributed by atoms with Crippen molar-refractivity contribution in [3.05, 3.63) is 29.6 Å². The molecule has 0 fully saturated rings. The average Bonchev–Trinajstić information content (AvgIpc) is 3.24. The molecule has 0 aliphatic carbocycles. The summed E-state index contributed by atoms with van der Waals surface area (Å²) in [5.41, 5.74) is 5.96. The zero-order chi connectivity index (χ0) is 20.3. The maximum absolute atomic E-state index is 12.0. The molecule has 12 heteroatoms. The average molecular weight is 390 g/mol. The first-order valence-corrected chi connectivity index (χ1v) is 8.32. The lowest BCUT2D eigenvalue weighted by Gasteiger charge is -2.07. The van der Waals surface area contributed by atoms with Gasteiger partial charge in [0.15, 0.2) is 18.2 Å². The molecular weight excluding hydrogens is 372 g/mol. The van der Waals surface area contributed by atoms with Crippen molar-refractivity contribution in [2.75, 3.05) is 18.9 Å². The third kappa shape index (κ3) is 3.65. The van der Waals surface area contributed by atoms with Crippen LogP contribution < -0.4 is 10.5 Å². The van der Waals surface area contributed by atoms with Crippen LogP contribution in [-0.4, -0.2) is 54.6 Å². The highest BCUT2D eigenvalue weighted by atomic mass is 16.5. The van der Waals surface area contributed by atoms with E-state index < -0.39 is 11.9 Å². The fourth-order valence-corrected chi connectivity index (χ4v) is 2.35. The van der Waals surface area contributed by atoms with Crippen molar-refractivity contribution >= 4 is 23.4 Å². The third-order valence-electron chi connectivity index (χ3n) is 3.56. The number of carbonyl (C=O) groups excluding carboxylic acids is 2. The van der Waals surface area contributed by atoms with Crippen LogP contribution in [0.4, 0.5) is 5.82 Å². The van der Waals surface area contributed by atoms with Crippen molar-refractivity contribution in [2.45, 2.75) is 20.6 Å². The highest BCUT2D eigenvalue weighted by Crippen LogP contribution is 2.22. The third-order valence-corrected chi connectivity index (χ3v) is 3.56. The Labute approximate surface area is 158 Å². The van der Waals surface area contributed by atoms with Crippen molar-refractivity contribution in [1.29, 1.82) is 0 Å². The van der Waals surface area contributed by atoms with Crippen LogP contribution in [0.15, 0.2) is 18.5 Å². The molecule has 3 aromatic rings. The van der Waals surface area contributed by atoms with Crippen molar-refractivity contribution < 1.29 is 28.9 Å². The van der Waals surface area contributed by atoms with Gasteiger partial charge in [-0.2, -0.15) is 19.7 Å². The van der Waals surface area contributed by atoms with E-state index in [1.54, 1.807) is 13.8 Å². The number of rotatable bonds is 7. The van der Waals surface area contributed by atoms with Crippen molar-refractivity contribution in [3.8, 4) is 11.8 Å². The van der Waals surface area contributed by atoms with Crippen LogP contribution >= 0.6 is 0 Å². The topological polar surface area (TPSA) is 156 Å². The number of nitrogen functional groups attached to an aromatic ring is 1. The molecule has 0 radical (unpaired) electrons. The Morgan fingerprint density at radius 2 is 1.86 bits per heavy atom. The van der Waals surface area contributed by atoms with Crippen LogP contribution in [0.3, 0.4) is 0 Å². The predicted molar refractivity (Wildman–Crippen MR) is 93.8 cm³/mol. The number of nitrogens with two attached hydrogens (primary N) is 1. The van der Waals surface area contributed by atoms with E-state index in [0.29, 0.717) is 0 Å². The molecule has 148 valence electrons. The number of aromatic hydroxyl groups is 1. The molecule has 0 aromatic carbocycles. The molecule has 0 atom stereocenters. The molecular formula is C16H18N6O6. The second-order valence-corrected chi connectivity index (χ2v) is 5.43. The van der Waals surface area contributed by atoms with E-state index in [9.17, 15) is 14.7 Å². The summed E-state index contributed by atoms with van der Waals surface area (Å²) in [4.78, 5) is 27.9. The van der Waals surface area contributed by atoms with Gasteiger partial charge >= 0.3 is 11.9 Å². The minimum Gasteiger partial charge on any atom is -0.493 e. The van der Waals surface area contributed by atoms with Gasteiger partial charge in [0.2, 0.25) is 11.8 Å². The van der Waals surface area contributed by atoms with Gasteiger partial charge in [-0.15, -0.1) is 0 Å². The lowest BCUT2D eigenvalue weighted by atomic mass is 10.3. The normalized spacial score (nSPS) is 10.8. The van der Waals surface area contributed by atoms with Crippen molar-refractivity contribution in [2.24, 2.45) is 0 Å². The number of esters is 2. The highest BCUT2D eigenvalue weighted by molar-refractivity contribution is 5.95. The van der Waals surface area contributed by atoms with Gasteiger partial charge in [-0.05, 0) is 13.8 Å². The standard InChI is InChI=1S/C16H18N6O6/c1-3-26-15(24)9-6-18-22-12(23)5-11(19-14(9)22)28-8-21-7-10(13(17)20-21)16(25)27-4-2/h5-7,23H,3-4,8H2,1-2H3,(H2,17,20). The molecule has 28 heavy (non-hydrogen) atoms. The molecule has 0 bridgehead atoms. The summed E-state index contributed by atoms with van der Waals surface area (Å²) in [6.07, 6.45) is 2.61. The monoisotopic (exact) mass is 390 g/mol. The Morgan fingerprint density at radius 1 is 1.18 bits per heavy atom. The minimum absolute atomic E-state index is 0.00260. The largest absolute Gasteiger partial charge is 0.493 e. The van der Waals surface area contributed by atoms with E-state index in [1.807, 2.05) is 0 Å². The fraction of sp³-hybridized carbons (Fsp3) is 0.312. The maximum atomic E-state index is 12.0. The van der Waals surface area contributed by atoms with Crippen LogP contribution in [0.25, 0.3) is 5.65 Å². The molecule has 0 saturated heterocycles. The Balaban J connectivity index is 1.81. The van der Waals surface area contributed by atoms with E-state index in [1.165, 1.54) is 23.1 Å². The number of hydrogen-bond donors (Lipinski definition) is 2. The van der Waals surface area contributed by atoms with Gasteiger partial charge in [0.05, 0.1) is 25.5 Å². The summed E-state index contributed by atoms with van der Waals surface area (Å²) in [6.45, 7) is 3.58. The van der Waals surface area contributed by atoms with Gasteiger partial charge < -0.3 is 25.1 Å². The smallest absolute Gasteiger partial charge is 0.343 e. The Bertz CT molecular complexity index is 1030. The van der Waals surface area contributed by atoms with Gasteiger partial charge in [-0.1, -0.05) is 0 Å². The van der Waals surface area contributed by atoms with Crippen molar-refractivity contribution in [3.63, 3.8) is 0 Å². The van der Waals surface area contributed by atoms with Gasteiger partial charge in [-0.3, -0.25) is 0 Å². The first kappa shape index (κ1) is 18.9. The molecule has 0 spiro atoms. The van der Waals surface area contributed by atoms with E-state index >= 15 is 0 Å². The summed E-state index contributed by atoms with van der Waals surface area (Å²) in [5.74, 6) is -1.51. The summed E-state index contributed by atoms with van der Waals surface area (Å²) in [6, 6.07) is 1.22. The Kier molecular flexibility index (Phi) is 5.29. The molecule has 3 aromatic heterocycles. The number of anilines is 1. The van der Waals surface area contributed by atoms with Crippen LogP contribution in [0.2, 0.25) is 0 Å². The summed E-state index contributed by atoms with van der Waals surface area (Å²) >= 11 is 0. The minimum atomic E-state index is -0.625. The van der Waals surface area contributed by atoms with E-state index in [2.05, 4.69) is 15.2 Å². The molecule has 0 saturated carbocycles.